The number of carbonyl (C=O) groups is 1. The molecule has 0 bridgehead atoms. The van der Waals surface area contributed by atoms with E-state index in [1.54, 1.807) is 6.07 Å². The zero-order chi connectivity index (χ0) is 10.7. The molecule has 0 fully saturated rings. The van der Waals surface area contributed by atoms with Gasteiger partial charge >= 0.3 is 5.97 Å². The number of carboxylic acid groups (broad SMARTS) is 1. The molecule has 1 unspecified atom stereocenters. The van der Waals surface area contributed by atoms with Crippen molar-refractivity contribution in [1.29, 1.82) is 0 Å². The first-order chi connectivity index (χ1) is 6.52. The van der Waals surface area contributed by atoms with E-state index in [-0.39, 0.29) is 17.0 Å². The van der Waals surface area contributed by atoms with Crippen LogP contribution in [0.15, 0.2) is 18.2 Å². The Labute approximate surface area is 85.3 Å². The van der Waals surface area contributed by atoms with Gasteiger partial charge in [0.15, 0.2) is 0 Å². The van der Waals surface area contributed by atoms with Gasteiger partial charge in [-0.2, -0.15) is 0 Å². The Hall–Kier alpha value is -1.13. The van der Waals surface area contributed by atoms with Crippen LogP contribution in [0.4, 0.5) is 4.39 Å². The minimum Gasteiger partial charge on any atom is -0.480 e. The first-order valence-corrected chi connectivity index (χ1v) is 4.31. The molecule has 1 atom stereocenters. The molecule has 1 aromatic rings. The molecule has 5 heteroatoms. The summed E-state index contributed by atoms with van der Waals surface area (Å²) in [5, 5.41) is 8.50. The lowest BCUT2D eigenvalue weighted by Gasteiger charge is -2.07. The quantitative estimate of drug-likeness (QED) is 0.805. The monoisotopic (exact) mass is 217 g/mol. The Morgan fingerprint density at radius 1 is 1.64 bits per heavy atom. The molecule has 0 aliphatic carbocycles. The summed E-state index contributed by atoms with van der Waals surface area (Å²) in [6, 6.07) is 3.30. The lowest BCUT2D eigenvalue weighted by atomic mass is 10.1. The fourth-order valence-corrected chi connectivity index (χ4v) is 1.22. The second kappa shape index (κ2) is 4.39. The summed E-state index contributed by atoms with van der Waals surface area (Å²) in [7, 11) is 0. The van der Waals surface area contributed by atoms with Crippen molar-refractivity contribution in [2.24, 2.45) is 5.73 Å². The van der Waals surface area contributed by atoms with Crippen molar-refractivity contribution in [3.63, 3.8) is 0 Å². The van der Waals surface area contributed by atoms with Crippen molar-refractivity contribution in [3.8, 4) is 0 Å². The predicted octanol–water partition coefficient (Wildman–Crippen LogP) is 1.43. The van der Waals surface area contributed by atoms with E-state index in [9.17, 15) is 9.18 Å². The maximum Gasteiger partial charge on any atom is 0.320 e. The van der Waals surface area contributed by atoms with Gasteiger partial charge in [-0.05, 0) is 11.6 Å². The normalized spacial score (nSPS) is 12.5. The molecular formula is C9H9ClFNO2. The summed E-state index contributed by atoms with van der Waals surface area (Å²) in [5.41, 5.74) is 5.47. The van der Waals surface area contributed by atoms with Gasteiger partial charge in [0.1, 0.15) is 11.9 Å². The SMILES string of the molecule is NC(Cc1cccc(Cl)c1F)C(=O)O. The third kappa shape index (κ3) is 2.43. The third-order valence-electron chi connectivity index (χ3n) is 1.79. The number of rotatable bonds is 3. The average Bonchev–Trinajstić information content (AvgIpc) is 2.12. The molecule has 0 saturated heterocycles. The van der Waals surface area contributed by atoms with Crippen LogP contribution in [-0.4, -0.2) is 17.1 Å². The molecule has 0 amide bonds. The van der Waals surface area contributed by atoms with Crippen molar-refractivity contribution in [3.05, 3.63) is 34.6 Å². The molecule has 0 saturated carbocycles. The summed E-state index contributed by atoms with van der Waals surface area (Å²) in [6.45, 7) is 0. The van der Waals surface area contributed by atoms with Crippen molar-refractivity contribution >= 4 is 17.6 Å². The molecule has 0 aliphatic heterocycles. The Morgan fingerprint density at radius 3 is 2.86 bits per heavy atom. The van der Waals surface area contributed by atoms with Gasteiger partial charge in [-0.1, -0.05) is 23.7 Å². The Balaban J connectivity index is 2.87. The highest BCUT2D eigenvalue weighted by Gasteiger charge is 2.15. The van der Waals surface area contributed by atoms with Gasteiger partial charge in [0.05, 0.1) is 5.02 Å². The van der Waals surface area contributed by atoms with E-state index in [2.05, 4.69) is 0 Å². The lowest BCUT2D eigenvalue weighted by Crippen LogP contribution is -2.32. The molecule has 0 aliphatic rings. The second-order valence-corrected chi connectivity index (χ2v) is 3.27. The van der Waals surface area contributed by atoms with Gasteiger partial charge in [-0.25, -0.2) is 4.39 Å². The lowest BCUT2D eigenvalue weighted by molar-refractivity contribution is -0.138. The van der Waals surface area contributed by atoms with Gasteiger partial charge in [-0.15, -0.1) is 0 Å². The van der Waals surface area contributed by atoms with Crippen molar-refractivity contribution in [1.82, 2.24) is 0 Å². The molecule has 1 aromatic carbocycles. The summed E-state index contributed by atoms with van der Waals surface area (Å²) in [5.74, 6) is -1.77. The highest BCUT2D eigenvalue weighted by molar-refractivity contribution is 6.30. The molecule has 0 heterocycles. The maximum absolute atomic E-state index is 13.2. The first-order valence-electron chi connectivity index (χ1n) is 3.93. The number of benzene rings is 1. The van der Waals surface area contributed by atoms with Crippen LogP contribution in [0.2, 0.25) is 5.02 Å². The number of hydrogen-bond acceptors (Lipinski definition) is 2. The second-order valence-electron chi connectivity index (χ2n) is 2.86. The van der Waals surface area contributed by atoms with Crippen molar-refractivity contribution < 1.29 is 14.3 Å². The van der Waals surface area contributed by atoms with Crippen LogP contribution in [0.25, 0.3) is 0 Å². The van der Waals surface area contributed by atoms with Crippen LogP contribution < -0.4 is 5.73 Å². The van der Waals surface area contributed by atoms with E-state index < -0.39 is 17.8 Å². The summed E-state index contributed by atoms with van der Waals surface area (Å²) in [6.07, 6.45) is -0.0677. The van der Waals surface area contributed by atoms with E-state index in [1.165, 1.54) is 12.1 Å². The van der Waals surface area contributed by atoms with E-state index in [0.29, 0.717) is 0 Å². The van der Waals surface area contributed by atoms with Crippen molar-refractivity contribution in [2.75, 3.05) is 0 Å². The average molecular weight is 218 g/mol. The van der Waals surface area contributed by atoms with Gasteiger partial charge in [0.2, 0.25) is 0 Å². The number of hydrogen-bond donors (Lipinski definition) is 2. The minimum atomic E-state index is -1.16. The Kier molecular flexibility index (Phi) is 3.43. The fourth-order valence-electron chi connectivity index (χ4n) is 1.03. The van der Waals surface area contributed by atoms with Crippen LogP contribution in [0.5, 0.6) is 0 Å². The van der Waals surface area contributed by atoms with Gasteiger partial charge in [0.25, 0.3) is 0 Å². The fraction of sp³-hybridized carbons (Fsp3) is 0.222. The van der Waals surface area contributed by atoms with Crippen LogP contribution >= 0.6 is 11.6 Å². The Bertz CT molecular complexity index is 357. The molecule has 0 aromatic heterocycles. The largest absolute Gasteiger partial charge is 0.480 e. The molecule has 3 N–H and O–H groups in total. The number of nitrogens with two attached hydrogens (primary N) is 1. The number of halogens is 2. The van der Waals surface area contributed by atoms with E-state index in [1.807, 2.05) is 0 Å². The topological polar surface area (TPSA) is 63.3 Å². The summed E-state index contributed by atoms with van der Waals surface area (Å²) in [4.78, 5) is 10.4. The zero-order valence-corrected chi connectivity index (χ0v) is 7.96. The minimum absolute atomic E-state index is 0.0277. The zero-order valence-electron chi connectivity index (χ0n) is 7.21. The van der Waals surface area contributed by atoms with Crippen LogP contribution in [-0.2, 0) is 11.2 Å². The smallest absolute Gasteiger partial charge is 0.320 e. The summed E-state index contributed by atoms with van der Waals surface area (Å²) < 4.78 is 13.2. The third-order valence-corrected chi connectivity index (χ3v) is 2.08. The van der Waals surface area contributed by atoms with E-state index in [4.69, 9.17) is 22.4 Å². The molecular weight excluding hydrogens is 209 g/mol. The highest BCUT2D eigenvalue weighted by atomic mass is 35.5. The predicted molar refractivity (Wildman–Crippen MR) is 50.7 cm³/mol. The maximum atomic E-state index is 13.2. The molecule has 76 valence electrons. The molecule has 0 radical (unpaired) electrons. The highest BCUT2D eigenvalue weighted by Crippen LogP contribution is 2.18. The number of aliphatic carboxylic acids is 1. The van der Waals surface area contributed by atoms with Gasteiger partial charge in [0, 0.05) is 6.42 Å². The molecule has 1 rings (SSSR count). The number of carboxylic acids is 1. The van der Waals surface area contributed by atoms with Crippen LogP contribution in [0.3, 0.4) is 0 Å². The van der Waals surface area contributed by atoms with Crippen LogP contribution in [0, 0.1) is 5.82 Å². The van der Waals surface area contributed by atoms with Gasteiger partial charge in [-0.3, -0.25) is 4.79 Å². The van der Waals surface area contributed by atoms with Crippen LogP contribution in [0.1, 0.15) is 5.56 Å². The summed E-state index contributed by atoms with van der Waals surface area (Å²) >= 11 is 5.51. The molecule has 3 nitrogen and oxygen atoms in total. The standard InChI is InChI=1S/C9H9ClFNO2/c10-6-3-1-2-5(8(6)11)4-7(12)9(13)14/h1-3,7H,4,12H2,(H,13,14). The van der Waals surface area contributed by atoms with Gasteiger partial charge < -0.3 is 10.8 Å². The van der Waals surface area contributed by atoms with Crippen molar-refractivity contribution in [2.45, 2.75) is 12.5 Å². The van der Waals surface area contributed by atoms with E-state index in [0.717, 1.165) is 0 Å². The Morgan fingerprint density at radius 2 is 2.29 bits per heavy atom. The van der Waals surface area contributed by atoms with E-state index >= 15 is 0 Å². The molecule has 14 heavy (non-hydrogen) atoms. The first kappa shape index (κ1) is 10.9. The molecule has 0 spiro atoms.